The van der Waals surface area contributed by atoms with Gasteiger partial charge in [-0.25, -0.2) is 9.97 Å². The molecule has 0 N–H and O–H groups in total. The topological polar surface area (TPSA) is 54.5 Å². The van der Waals surface area contributed by atoms with E-state index < -0.39 is 0 Å². The van der Waals surface area contributed by atoms with Gasteiger partial charge in [-0.15, -0.1) is 0 Å². The van der Waals surface area contributed by atoms with Gasteiger partial charge in [-0.1, -0.05) is 36.7 Å². The third-order valence-electron chi connectivity index (χ3n) is 3.41. The van der Waals surface area contributed by atoms with Crippen LogP contribution in [0.2, 0.25) is 5.02 Å². The van der Waals surface area contributed by atoms with Gasteiger partial charge in [-0.3, -0.25) is 0 Å². The molecule has 0 unspecified atom stereocenters. The summed E-state index contributed by atoms with van der Waals surface area (Å²) in [5, 5.41) is 9.79. The number of imidazole rings is 1. The van der Waals surface area contributed by atoms with E-state index in [2.05, 4.69) is 23.0 Å². The van der Waals surface area contributed by atoms with Crippen LogP contribution in [0.1, 0.15) is 23.9 Å². The number of rotatable bonds is 3. The molecule has 0 fully saturated rings. The maximum Gasteiger partial charge on any atom is 0.160 e. The van der Waals surface area contributed by atoms with Crippen LogP contribution in [0.3, 0.4) is 0 Å². The Morgan fingerprint density at radius 1 is 1.33 bits per heavy atom. The van der Waals surface area contributed by atoms with Crippen molar-refractivity contribution in [2.45, 2.75) is 19.9 Å². The predicted molar refractivity (Wildman–Crippen MR) is 82.2 cm³/mol. The zero-order valence-electron chi connectivity index (χ0n) is 11.5. The summed E-state index contributed by atoms with van der Waals surface area (Å²) in [5.74, 6) is 0.938. The molecule has 4 nitrogen and oxygen atoms in total. The predicted octanol–water partition coefficient (Wildman–Crippen LogP) is 3.57. The molecule has 3 rings (SSSR count). The van der Waals surface area contributed by atoms with Crippen molar-refractivity contribution in [3.8, 4) is 6.07 Å². The number of nitrogens with zero attached hydrogens (tertiary/aromatic N) is 4. The average molecular weight is 297 g/mol. The zero-order valence-corrected chi connectivity index (χ0v) is 12.3. The van der Waals surface area contributed by atoms with Crippen LogP contribution in [0.4, 0.5) is 0 Å². The van der Waals surface area contributed by atoms with Crippen molar-refractivity contribution in [3.63, 3.8) is 0 Å². The van der Waals surface area contributed by atoms with Gasteiger partial charge >= 0.3 is 0 Å². The molecular weight excluding hydrogens is 284 g/mol. The summed E-state index contributed by atoms with van der Waals surface area (Å²) in [6, 6.07) is 11.6. The van der Waals surface area contributed by atoms with Gasteiger partial charge in [0.2, 0.25) is 0 Å². The Morgan fingerprint density at radius 3 is 2.90 bits per heavy atom. The van der Waals surface area contributed by atoms with Gasteiger partial charge in [0.1, 0.15) is 11.3 Å². The molecule has 104 valence electrons. The first kappa shape index (κ1) is 13.6. The second-order valence-corrected chi connectivity index (χ2v) is 5.17. The first-order valence-electron chi connectivity index (χ1n) is 6.71. The van der Waals surface area contributed by atoms with Crippen molar-refractivity contribution in [2.75, 3.05) is 0 Å². The number of pyridine rings is 1. The zero-order chi connectivity index (χ0) is 14.8. The minimum atomic E-state index is 0.576. The second-order valence-electron chi connectivity index (χ2n) is 4.73. The molecule has 5 heteroatoms. The van der Waals surface area contributed by atoms with Crippen LogP contribution in [0.25, 0.3) is 11.2 Å². The SMILES string of the molecule is CCc1nc2cc(Cl)cnc2n1Cc1ccccc1C#N. The summed E-state index contributed by atoms with van der Waals surface area (Å²) in [6.07, 6.45) is 2.42. The lowest BCUT2D eigenvalue weighted by molar-refractivity contribution is 0.745. The van der Waals surface area contributed by atoms with Crippen molar-refractivity contribution in [3.05, 3.63) is 58.5 Å². The summed E-state index contributed by atoms with van der Waals surface area (Å²) in [4.78, 5) is 8.96. The van der Waals surface area contributed by atoms with E-state index in [1.165, 1.54) is 0 Å². The number of halogens is 1. The summed E-state index contributed by atoms with van der Waals surface area (Å²) >= 11 is 5.98. The molecule has 1 aromatic carbocycles. The molecule has 0 spiro atoms. The third-order valence-corrected chi connectivity index (χ3v) is 3.62. The first-order chi connectivity index (χ1) is 10.2. The van der Waals surface area contributed by atoms with E-state index in [0.717, 1.165) is 29.0 Å². The number of nitriles is 1. The minimum Gasteiger partial charge on any atom is -0.308 e. The van der Waals surface area contributed by atoms with Crippen LogP contribution in [0.15, 0.2) is 36.5 Å². The van der Waals surface area contributed by atoms with Crippen molar-refractivity contribution < 1.29 is 0 Å². The van der Waals surface area contributed by atoms with E-state index in [1.807, 2.05) is 34.9 Å². The number of aryl methyl sites for hydroxylation is 1. The smallest absolute Gasteiger partial charge is 0.160 e. The fourth-order valence-electron chi connectivity index (χ4n) is 2.41. The second kappa shape index (κ2) is 5.55. The number of fused-ring (bicyclic) bond motifs is 1. The van der Waals surface area contributed by atoms with Gasteiger partial charge < -0.3 is 4.57 Å². The van der Waals surface area contributed by atoms with Crippen LogP contribution in [0.5, 0.6) is 0 Å². The average Bonchev–Trinajstić information content (AvgIpc) is 2.84. The van der Waals surface area contributed by atoms with Crippen molar-refractivity contribution in [1.82, 2.24) is 14.5 Å². The molecule has 0 radical (unpaired) electrons. The maximum atomic E-state index is 9.22. The van der Waals surface area contributed by atoms with Gasteiger partial charge in [-0.2, -0.15) is 5.26 Å². The van der Waals surface area contributed by atoms with E-state index >= 15 is 0 Å². The minimum absolute atomic E-state index is 0.576. The van der Waals surface area contributed by atoms with E-state index in [-0.39, 0.29) is 0 Å². The molecule has 0 aliphatic rings. The van der Waals surface area contributed by atoms with E-state index in [1.54, 1.807) is 6.20 Å². The van der Waals surface area contributed by atoms with E-state index in [9.17, 15) is 5.26 Å². The Bertz CT molecular complexity index is 845. The highest BCUT2D eigenvalue weighted by Gasteiger charge is 2.12. The van der Waals surface area contributed by atoms with Crippen LogP contribution >= 0.6 is 11.6 Å². The molecule has 0 saturated carbocycles. The molecule has 21 heavy (non-hydrogen) atoms. The fraction of sp³-hybridized carbons (Fsp3) is 0.188. The molecule has 0 aliphatic carbocycles. The highest BCUT2D eigenvalue weighted by molar-refractivity contribution is 6.31. The molecule has 2 heterocycles. The van der Waals surface area contributed by atoms with Gasteiger partial charge in [0, 0.05) is 12.6 Å². The Labute approximate surface area is 127 Å². The maximum absolute atomic E-state index is 9.22. The van der Waals surface area contributed by atoms with Gasteiger partial charge in [-0.05, 0) is 17.7 Å². The fourth-order valence-corrected chi connectivity index (χ4v) is 2.56. The van der Waals surface area contributed by atoms with Crippen molar-refractivity contribution in [1.29, 1.82) is 5.26 Å². The van der Waals surface area contributed by atoms with Gasteiger partial charge in [0.25, 0.3) is 0 Å². The largest absolute Gasteiger partial charge is 0.308 e. The number of hydrogen-bond donors (Lipinski definition) is 0. The Kier molecular flexibility index (Phi) is 3.59. The molecule has 0 amide bonds. The Hall–Kier alpha value is -2.38. The summed E-state index contributed by atoms with van der Waals surface area (Å²) < 4.78 is 2.04. The molecule has 2 aromatic heterocycles. The standard InChI is InChI=1S/C16H13ClN4/c1-2-15-20-14-7-13(17)9-19-16(14)21(15)10-12-6-4-3-5-11(12)8-18/h3-7,9H,2,10H2,1H3. The Morgan fingerprint density at radius 2 is 2.14 bits per heavy atom. The van der Waals surface area contributed by atoms with Gasteiger partial charge in [0.15, 0.2) is 5.65 Å². The lowest BCUT2D eigenvalue weighted by Gasteiger charge is -2.09. The normalized spacial score (nSPS) is 10.7. The lowest BCUT2D eigenvalue weighted by Crippen LogP contribution is -2.06. The first-order valence-corrected chi connectivity index (χ1v) is 7.09. The van der Waals surface area contributed by atoms with E-state index in [0.29, 0.717) is 17.1 Å². The molecule has 0 saturated heterocycles. The monoisotopic (exact) mass is 296 g/mol. The number of aromatic nitrogens is 3. The van der Waals surface area contributed by atoms with Crippen LogP contribution in [-0.2, 0) is 13.0 Å². The Balaban J connectivity index is 2.14. The van der Waals surface area contributed by atoms with Crippen molar-refractivity contribution >= 4 is 22.8 Å². The molecule has 0 aliphatic heterocycles. The summed E-state index contributed by atoms with van der Waals surface area (Å²) in [5.41, 5.74) is 3.22. The quantitative estimate of drug-likeness (QED) is 0.742. The molecule has 0 bridgehead atoms. The summed E-state index contributed by atoms with van der Waals surface area (Å²) in [6.45, 7) is 2.63. The van der Waals surface area contributed by atoms with Crippen molar-refractivity contribution in [2.24, 2.45) is 0 Å². The number of hydrogen-bond acceptors (Lipinski definition) is 3. The third kappa shape index (κ3) is 2.48. The summed E-state index contributed by atoms with van der Waals surface area (Å²) in [7, 11) is 0. The number of benzene rings is 1. The van der Waals surface area contributed by atoms with Gasteiger partial charge in [0.05, 0.1) is 23.2 Å². The van der Waals surface area contributed by atoms with Crippen LogP contribution in [-0.4, -0.2) is 14.5 Å². The molecule has 3 aromatic rings. The van der Waals surface area contributed by atoms with Crippen LogP contribution in [0, 0.1) is 11.3 Å². The highest BCUT2D eigenvalue weighted by atomic mass is 35.5. The molecular formula is C16H13ClN4. The van der Waals surface area contributed by atoms with E-state index in [4.69, 9.17) is 11.6 Å². The lowest BCUT2D eigenvalue weighted by atomic mass is 10.1. The van der Waals surface area contributed by atoms with Crippen LogP contribution < -0.4 is 0 Å². The molecule has 0 atom stereocenters. The highest BCUT2D eigenvalue weighted by Crippen LogP contribution is 2.20.